The molecule has 1 rings (SSSR count). The molecule has 0 radical (unpaired) electrons. The molecule has 1 unspecified atom stereocenters. The fourth-order valence-corrected chi connectivity index (χ4v) is 1.42. The van der Waals surface area contributed by atoms with Crippen molar-refractivity contribution in [1.82, 2.24) is 4.90 Å². The zero-order valence-electron chi connectivity index (χ0n) is 8.43. The molecule has 0 saturated carbocycles. The Morgan fingerprint density at radius 2 is 2.43 bits per heavy atom. The lowest BCUT2D eigenvalue weighted by atomic mass is 10.1. The highest BCUT2D eigenvalue weighted by Crippen LogP contribution is 2.19. The monoisotopic (exact) mass is 197 g/mol. The molecule has 0 amide bonds. The molecule has 0 bridgehead atoms. The van der Waals surface area contributed by atoms with Gasteiger partial charge in [-0.05, 0) is 19.5 Å². The van der Waals surface area contributed by atoms with Crippen LogP contribution in [0.1, 0.15) is 25.5 Å². The molecule has 0 saturated heterocycles. The largest absolute Gasteiger partial charge is 0.480 e. The first-order valence-corrected chi connectivity index (χ1v) is 4.63. The van der Waals surface area contributed by atoms with E-state index in [-0.39, 0.29) is 12.6 Å². The average Bonchev–Trinajstić information content (AvgIpc) is 2.65. The molecule has 4 heteroatoms. The Morgan fingerprint density at radius 1 is 1.71 bits per heavy atom. The van der Waals surface area contributed by atoms with E-state index >= 15 is 0 Å². The predicted molar refractivity (Wildman–Crippen MR) is 52.0 cm³/mol. The lowest BCUT2D eigenvalue weighted by Gasteiger charge is -2.24. The summed E-state index contributed by atoms with van der Waals surface area (Å²) in [4.78, 5) is 12.4. The molecule has 0 aliphatic carbocycles. The van der Waals surface area contributed by atoms with Gasteiger partial charge in [0.1, 0.15) is 0 Å². The highest BCUT2D eigenvalue weighted by molar-refractivity contribution is 5.69. The Bertz CT molecular complexity index is 282. The van der Waals surface area contributed by atoms with Crippen LogP contribution in [-0.2, 0) is 4.79 Å². The molecule has 0 aromatic carbocycles. The van der Waals surface area contributed by atoms with Crippen molar-refractivity contribution >= 4 is 5.97 Å². The number of aliphatic carboxylic acids is 1. The van der Waals surface area contributed by atoms with Gasteiger partial charge in [-0.25, -0.2) is 0 Å². The van der Waals surface area contributed by atoms with Gasteiger partial charge in [0.25, 0.3) is 0 Å². The number of nitrogens with zero attached hydrogens (tertiary/aromatic N) is 1. The van der Waals surface area contributed by atoms with Gasteiger partial charge >= 0.3 is 5.97 Å². The summed E-state index contributed by atoms with van der Waals surface area (Å²) in [5, 5.41) is 8.70. The van der Waals surface area contributed by atoms with Gasteiger partial charge in [-0.3, -0.25) is 9.69 Å². The number of likely N-dealkylation sites (N-methyl/N-ethyl adjacent to an activating group) is 1. The summed E-state index contributed by atoms with van der Waals surface area (Å²) in [7, 11) is 0. The fraction of sp³-hybridized carbons (Fsp3) is 0.500. The lowest BCUT2D eigenvalue weighted by molar-refractivity contribution is -0.138. The van der Waals surface area contributed by atoms with E-state index in [2.05, 4.69) is 0 Å². The van der Waals surface area contributed by atoms with Crippen LogP contribution >= 0.6 is 0 Å². The summed E-state index contributed by atoms with van der Waals surface area (Å²) in [6.45, 7) is 4.68. The molecule has 0 spiro atoms. The third-order valence-corrected chi connectivity index (χ3v) is 2.32. The average molecular weight is 197 g/mol. The van der Waals surface area contributed by atoms with Crippen molar-refractivity contribution in [3.63, 3.8) is 0 Å². The molecule has 1 aromatic rings. The summed E-state index contributed by atoms with van der Waals surface area (Å²) < 4.78 is 4.96. The van der Waals surface area contributed by atoms with E-state index in [1.165, 1.54) is 0 Å². The van der Waals surface area contributed by atoms with Crippen LogP contribution in [0.4, 0.5) is 0 Å². The maximum atomic E-state index is 10.6. The van der Waals surface area contributed by atoms with E-state index in [0.29, 0.717) is 6.54 Å². The molecule has 0 aliphatic heterocycles. The first kappa shape index (κ1) is 10.8. The van der Waals surface area contributed by atoms with Crippen molar-refractivity contribution < 1.29 is 14.3 Å². The second-order valence-electron chi connectivity index (χ2n) is 3.19. The maximum Gasteiger partial charge on any atom is 0.317 e. The van der Waals surface area contributed by atoms with Gasteiger partial charge in [-0.2, -0.15) is 0 Å². The van der Waals surface area contributed by atoms with Crippen molar-refractivity contribution in [2.45, 2.75) is 19.9 Å². The quantitative estimate of drug-likeness (QED) is 0.781. The minimum absolute atomic E-state index is 0.0584. The smallest absolute Gasteiger partial charge is 0.317 e. The molecule has 0 aliphatic rings. The Hall–Kier alpha value is -1.29. The van der Waals surface area contributed by atoms with Gasteiger partial charge in [0.2, 0.25) is 0 Å². The van der Waals surface area contributed by atoms with E-state index in [1.54, 1.807) is 12.5 Å². The number of furan rings is 1. The molecule has 1 N–H and O–H groups in total. The van der Waals surface area contributed by atoms with Gasteiger partial charge in [0, 0.05) is 11.6 Å². The molecule has 1 atom stereocenters. The standard InChI is InChI=1S/C10H15NO3/c1-3-11(6-10(12)13)8(2)9-4-5-14-7-9/h4-5,7-8H,3,6H2,1-2H3,(H,12,13). The summed E-state index contributed by atoms with van der Waals surface area (Å²) in [6, 6.07) is 1.93. The minimum Gasteiger partial charge on any atom is -0.480 e. The van der Waals surface area contributed by atoms with Crippen LogP contribution in [0.25, 0.3) is 0 Å². The number of carbonyl (C=O) groups is 1. The Morgan fingerprint density at radius 3 is 2.86 bits per heavy atom. The predicted octanol–water partition coefficient (Wildman–Crippen LogP) is 1.75. The lowest BCUT2D eigenvalue weighted by Crippen LogP contribution is -2.31. The molecular formula is C10H15NO3. The van der Waals surface area contributed by atoms with E-state index in [1.807, 2.05) is 24.8 Å². The van der Waals surface area contributed by atoms with Gasteiger partial charge < -0.3 is 9.52 Å². The van der Waals surface area contributed by atoms with Gasteiger partial charge in [-0.15, -0.1) is 0 Å². The number of rotatable bonds is 5. The second kappa shape index (κ2) is 4.81. The van der Waals surface area contributed by atoms with Crippen molar-refractivity contribution in [3.05, 3.63) is 24.2 Å². The SMILES string of the molecule is CCN(CC(=O)O)C(C)c1ccoc1. The van der Waals surface area contributed by atoms with Crippen LogP contribution in [-0.4, -0.2) is 29.1 Å². The zero-order chi connectivity index (χ0) is 10.6. The number of carboxylic acids is 1. The molecule has 1 heterocycles. The van der Waals surface area contributed by atoms with Crippen LogP contribution in [0.3, 0.4) is 0 Å². The first-order chi connectivity index (χ1) is 6.65. The summed E-state index contributed by atoms with van der Waals surface area (Å²) in [6.07, 6.45) is 3.25. The van der Waals surface area contributed by atoms with Gasteiger partial charge in [-0.1, -0.05) is 6.92 Å². The van der Waals surface area contributed by atoms with Crippen LogP contribution in [0.5, 0.6) is 0 Å². The fourth-order valence-electron chi connectivity index (χ4n) is 1.42. The van der Waals surface area contributed by atoms with E-state index in [4.69, 9.17) is 9.52 Å². The van der Waals surface area contributed by atoms with Crippen molar-refractivity contribution in [1.29, 1.82) is 0 Å². The van der Waals surface area contributed by atoms with Crippen LogP contribution in [0.15, 0.2) is 23.0 Å². The number of carboxylic acid groups (broad SMARTS) is 1. The van der Waals surface area contributed by atoms with Crippen molar-refractivity contribution in [2.75, 3.05) is 13.1 Å². The zero-order valence-corrected chi connectivity index (χ0v) is 8.43. The molecule has 78 valence electrons. The normalized spacial score (nSPS) is 13.1. The molecule has 14 heavy (non-hydrogen) atoms. The van der Waals surface area contributed by atoms with Gasteiger partial charge in [0.05, 0.1) is 19.1 Å². The second-order valence-corrected chi connectivity index (χ2v) is 3.19. The van der Waals surface area contributed by atoms with Crippen LogP contribution in [0.2, 0.25) is 0 Å². The Balaban J connectivity index is 2.65. The maximum absolute atomic E-state index is 10.6. The van der Waals surface area contributed by atoms with Crippen molar-refractivity contribution in [3.8, 4) is 0 Å². The Labute approximate surface area is 83.1 Å². The summed E-state index contributed by atoms with van der Waals surface area (Å²) in [5.41, 5.74) is 1.01. The highest BCUT2D eigenvalue weighted by atomic mass is 16.4. The third kappa shape index (κ3) is 2.60. The first-order valence-electron chi connectivity index (χ1n) is 4.63. The van der Waals surface area contributed by atoms with Crippen LogP contribution in [0, 0.1) is 0 Å². The topological polar surface area (TPSA) is 53.7 Å². The summed E-state index contributed by atoms with van der Waals surface area (Å²) in [5.74, 6) is -0.804. The molecule has 0 fully saturated rings. The van der Waals surface area contributed by atoms with Crippen LogP contribution < -0.4 is 0 Å². The van der Waals surface area contributed by atoms with E-state index < -0.39 is 5.97 Å². The summed E-state index contributed by atoms with van der Waals surface area (Å²) >= 11 is 0. The van der Waals surface area contributed by atoms with Gasteiger partial charge in [0.15, 0.2) is 0 Å². The van der Waals surface area contributed by atoms with E-state index in [9.17, 15) is 4.79 Å². The minimum atomic E-state index is -0.804. The van der Waals surface area contributed by atoms with Crippen molar-refractivity contribution in [2.24, 2.45) is 0 Å². The molecular weight excluding hydrogens is 182 g/mol. The third-order valence-electron chi connectivity index (χ3n) is 2.32. The number of hydrogen-bond donors (Lipinski definition) is 1. The molecule has 4 nitrogen and oxygen atoms in total. The number of hydrogen-bond acceptors (Lipinski definition) is 3. The molecule has 1 aromatic heterocycles. The Kier molecular flexibility index (Phi) is 3.71. The highest BCUT2D eigenvalue weighted by Gasteiger charge is 2.17. The van der Waals surface area contributed by atoms with E-state index in [0.717, 1.165) is 5.56 Å².